The van der Waals surface area contributed by atoms with Crippen molar-refractivity contribution >= 4 is 27.2 Å². The Hall–Kier alpha value is -1.19. The molecule has 2 rings (SSSR count). The van der Waals surface area contributed by atoms with Crippen molar-refractivity contribution in [1.29, 1.82) is 0 Å². The highest BCUT2D eigenvalue weighted by molar-refractivity contribution is 7.17. The molecule has 0 amide bonds. The van der Waals surface area contributed by atoms with Gasteiger partial charge in [0.15, 0.2) is 5.78 Å². The van der Waals surface area contributed by atoms with Gasteiger partial charge in [-0.15, -0.1) is 11.3 Å². The summed E-state index contributed by atoms with van der Waals surface area (Å²) < 4.78 is 6.01. The Morgan fingerprint density at radius 2 is 2.29 bits per heavy atom. The van der Waals surface area contributed by atoms with Gasteiger partial charge in [0.25, 0.3) is 0 Å². The predicted octanol–water partition coefficient (Wildman–Crippen LogP) is 2.73. The first-order valence-corrected chi connectivity index (χ1v) is 5.18. The number of fused-ring (bicyclic) bond motifs is 1. The number of ketones is 1. The van der Waals surface area contributed by atoms with E-state index < -0.39 is 0 Å². The molecular formula is C11H10O2S. The minimum Gasteiger partial charge on any atom is -0.377 e. The van der Waals surface area contributed by atoms with Crippen LogP contribution in [0.15, 0.2) is 29.6 Å². The molecule has 0 spiro atoms. The van der Waals surface area contributed by atoms with Crippen molar-refractivity contribution in [3.63, 3.8) is 0 Å². The van der Waals surface area contributed by atoms with Crippen LogP contribution in [0.4, 0.5) is 0 Å². The highest BCUT2D eigenvalue weighted by Gasteiger charge is 2.05. The zero-order chi connectivity index (χ0) is 9.97. The van der Waals surface area contributed by atoms with Crippen LogP contribution in [0, 0.1) is 0 Å². The minimum atomic E-state index is 0.0283. The fourth-order valence-corrected chi connectivity index (χ4v) is 2.13. The Bertz CT molecular complexity index is 459. The third-order valence-electron chi connectivity index (χ3n) is 2.05. The van der Waals surface area contributed by atoms with Gasteiger partial charge in [0.1, 0.15) is 6.61 Å². The minimum absolute atomic E-state index is 0.0283. The summed E-state index contributed by atoms with van der Waals surface area (Å²) in [4.78, 5) is 11.5. The maximum absolute atomic E-state index is 11.5. The molecule has 0 unspecified atom stereocenters. The van der Waals surface area contributed by atoms with Gasteiger partial charge >= 0.3 is 0 Å². The van der Waals surface area contributed by atoms with E-state index in [4.69, 9.17) is 4.74 Å². The molecule has 0 aliphatic heterocycles. The second-order valence-electron chi connectivity index (χ2n) is 3.03. The van der Waals surface area contributed by atoms with Gasteiger partial charge in [-0.25, -0.2) is 0 Å². The molecule has 1 aromatic heterocycles. The number of methoxy groups -OCH3 is 1. The van der Waals surface area contributed by atoms with E-state index in [1.165, 1.54) is 11.8 Å². The SMILES string of the molecule is COCC(=O)c1ccc2sccc2c1. The Labute approximate surface area is 86.1 Å². The number of Topliss-reactive ketones (excluding diaryl/α,β-unsaturated/α-hetero) is 1. The van der Waals surface area contributed by atoms with Crippen LogP contribution in [0.2, 0.25) is 0 Å². The molecule has 72 valence electrons. The Balaban J connectivity index is 2.38. The molecule has 0 aliphatic rings. The molecule has 0 bridgehead atoms. The van der Waals surface area contributed by atoms with Gasteiger partial charge in [0.05, 0.1) is 0 Å². The van der Waals surface area contributed by atoms with Gasteiger partial charge in [-0.2, -0.15) is 0 Å². The standard InChI is InChI=1S/C11H10O2S/c1-13-7-10(12)8-2-3-11-9(6-8)4-5-14-11/h2-6H,7H2,1H3. The Morgan fingerprint density at radius 3 is 3.07 bits per heavy atom. The van der Waals surface area contributed by atoms with E-state index in [-0.39, 0.29) is 12.4 Å². The van der Waals surface area contributed by atoms with Crippen LogP contribution in [-0.4, -0.2) is 19.5 Å². The predicted molar refractivity (Wildman–Crippen MR) is 58.0 cm³/mol. The molecule has 0 atom stereocenters. The monoisotopic (exact) mass is 206 g/mol. The molecule has 3 heteroatoms. The van der Waals surface area contributed by atoms with Crippen molar-refractivity contribution in [1.82, 2.24) is 0 Å². The molecule has 0 fully saturated rings. The number of benzene rings is 1. The highest BCUT2D eigenvalue weighted by Crippen LogP contribution is 2.21. The molecule has 2 nitrogen and oxygen atoms in total. The van der Waals surface area contributed by atoms with Crippen LogP contribution in [-0.2, 0) is 4.74 Å². The summed E-state index contributed by atoms with van der Waals surface area (Å²) in [7, 11) is 1.53. The largest absolute Gasteiger partial charge is 0.377 e. The van der Waals surface area contributed by atoms with Crippen LogP contribution in [0.25, 0.3) is 10.1 Å². The molecular weight excluding hydrogens is 196 g/mol. The first-order valence-electron chi connectivity index (χ1n) is 4.30. The lowest BCUT2D eigenvalue weighted by Crippen LogP contribution is -2.06. The summed E-state index contributed by atoms with van der Waals surface area (Å²) in [6.07, 6.45) is 0. The second-order valence-corrected chi connectivity index (χ2v) is 3.98. The normalized spacial score (nSPS) is 10.6. The van der Waals surface area contributed by atoms with Crippen molar-refractivity contribution in [2.45, 2.75) is 0 Å². The average molecular weight is 206 g/mol. The lowest BCUT2D eigenvalue weighted by atomic mass is 10.1. The van der Waals surface area contributed by atoms with Gasteiger partial charge in [-0.3, -0.25) is 4.79 Å². The maximum atomic E-state index is 11.5. The molecule has 0 N–H and O–H groups in total. The molecule has 0 radical (unpaired) electrons. The zero-order valence-electron chi connectivity index (χ0n) is 7.82. The van der Waals surface area contributed by atoms with E-state index in [9.17, 15) is 4.79 Å². The average Bonchev–Trinajstić information content (AvgIpc) is 2.64. The fourth-order valence-electron chi connectivity index (χ4n) is 1.35. The molecule has 0 aliphatic carbocycles. The quantitative estimate of drug-likeness (QED) is 0.722. The van der Waals surface area contributed by atoms with E-state index in [2.05, 4.69) is 0 Å². The molecule has 14 heavy (non-hydrogen) atoms. The second kappa shape index (κ2) is 3.90. The topological polar surface area (TPSA) is 26.3 Å². The number of hydrogen-bond acceptors (Lipinski definition) is 3. The highest BCUT2D eigenvalue weighted by atomic mass is 32.1. The van der Waals surface area contributed by atoms with Gasteiger partial charge in [0.2, 0.25) is 0 Å². The summed E-state index contributed by atoms with van der Waals surface area (Å²) >= 11 is 1.68. The van der Waals surface area contributed by atoms with Gasteiger partial charge in [-0.05, 0) is 35.0 Å². The molecule has 1 heterocycles. The van der Waals surface area contributed by atoms with Gasteiger partial charge < -0.3 is 4.74 Å². The van der Waals surface area contributed by atoms with Crippen LogP contribution in [0.3, 0.4) is 0 Å². The lowest BCUT2D eigenvalue weighted by Gasteiger charge is -1.99. The number of rotatable bonds is 3. The smallest absolute Gasteiger partial charge is 0.188 e. The third kappa shape index (κ3) is 1.69. The Morgan fingerprint density at radius 1 is 1.43 bits per heavy atom. The number of carbonyl (C=O) groups excluding carboxylic acids is 1. The molecule has 0 saturated carbocycles. The summed E-state index contributed by atoms with van der Waals surface area (Å²) in [5.74, 6) is 0.0283. The van der Waals surface area contributed by atoms with Gasteiger partial charge in [-0.1, -0.05) is 0 Å². The molecule has 2 aromatic rings. The van der Waals surface area contributed by atoms with Crippen LogP contribution in [0.1, 0.15) is 10.4 Å². The van der Waals surface area contributed by atoms with Gasteiger partial charge in [0, 0.05) is 17.4 Å². The number of hydrogen-bond donors (Lipinski definition) is 0. The zero-order valence-corrected chi connectivity index (χ0v) is 8.64. The number of thiophene rings is 1. The van der Waals surface area contributed by atoms with Crippen LogP contribution < -0.4 is 0 Å². The lowest BCUT2D eigenvalue weighted by molar-refractivity contribution is 0.0848. The summed E-state index contributed by atoms with van der Waals surface area (Å²) in [5, 5.41) is 3.15. The number of carbonyl (C=O) groups is 1. The summed E-state index contributed by atoms with van der Waals surface area (Å²) in [5.41, 5.74) is 0.720. The van der Waals surface area contributed by atoms with Crippen molar-refractivity contribution in [3.05, 3.63) is 35.2 Å². The van der Waals surface area contributed by atoms with E-state index in [1.54, 1.807) is 11.3 Å². The van der Waals surface area contributed by atoms with Crippen LogP contribution >= 0.6 is 11.3 Å². The van der Waals surface area contributed by atoms with Crippen molar-refractivity contribution < 1.29 is 9.53 Å². The van der Waals surface area contributed by atoms with Crippen LogP contribution in [0.5, 0.6) is 0 Å². The fraction of sp³-hybridized carbons (Fsp3) is 0.182. The number of ether oxygens (including phenoxy) is 1. The van der Waals surface area contributed by atoms with E-state index >= 15 is 0 Å². The van der Waals surface area contributed by atoms with E-state index in [0.717, 1.165) is 10.9 Å². The van der Waals surface area contributed by atoms with Crippen molar-refractivity contribution in [3.8, 4) is 0 Å². The molecule has 1 aromatic carbocycles. The first kappa shape index (κ1) is 9.37. The summed E-state index contributed by atoms with van der Waals surface area (Å²) in [6, 6.07) is 7.75. The molecule has 0 saturated heterocycles. The van der Waals surface area contributed by atoms with Crippen molar-refractivity contribution in [2.75, 3.05) is 13.7 Å². The van der Waals surface area contributed by atoms with E-state index in [1.807, 2.05) is 29.6 Å². The first-order chi connectivity index (χ1) is 6.81. The third-order valence-corrected chi connectivity index (χ3v) is 2.95. The summed E-state index contributed by atoms with van der Waals surface area (Å²) in [6.45, 7) is 0.148. The van der Waals surface area contributed by atoms with E-state index in [0.29, 0.717) is 0 Å². The Kier molecular flexibility index (Phi) is 2.61. The maximum Gasteiger partial charge on any atom is 0.188 e. The van der Waals surface area contributed by atoms with Crippen molar-refractivity contribution in [2.24, 2.45) is 0 Å².